The summed E-state index contributed by atoms with van der Waals surface area (Å²) in [6.45, 7) is 2.23. The molecular weight excluding hydrogens is 282 g/mol. The summed E-state index contributed by atoms with van der Waals surface area (Å²) in [4.78, 5) is 12.4. The van der Waals surface area contributed by atoms with Crippen LogP contribution in [0.1, 0.15) is 66.1 Å². The van der Waals surface area contributed by atoms with Crippen LogP contribution >= 0.6 is 0 Å². The van der Waals surface area contributed by atoms with Gasteiger partial charge in [0.2, 0.25) is 0 Å². The van der Waals surface area contributed by atoms with Crippen molar-refractivity contribution >= 4 is 5.78 Å². The molecule has 2 aromatic rings. The van der Waals surface area contributed by atoms with Gasteiger partial charge in [0, 0.05) is 11.1 Å². The molecule has 0 aliphatic carbocycles. The van der Waals surface area contributed by atoms with Gasteiger partial charge in [-0.2, -0.15) is 5.26 Å². The average molecular weight is 305 g/mol. The minimum atomic E-state index is 0.00369. The van der Waals surface area contributed by atoms with Crippen LogP contribution in [0.2, 0.25) is 0 Å². The van der Waals surface area contributed by atoms with Gasteiger partial charge in [0.1, 0.15) is 0 Å². The van der Waals surface area contributed by atoms with E-state index in [0.717, 1.165) is 6.42 Å². The SMILES string of the molecule is CCCCCCCc1ccc(C(=O)c2ccc(C#N)cc2)cc1. The smallest absolute Gasteiger partial charge is 0.193 e. The lowest BCUT2D eigenvalue weighted by Crippen LogP contribution is -2.01. The molecule has 0 aliphatic rings. The van der Waals surface area contributed by atoms with Gasteiger partial charge in [-0.15, -0.1) is 0 Å². The van der Waals surface area contributed by atoms with Crippen molar-refractivity contribution in [3.05, 3.63) is 70.8 Å². The number of aryl methyl sites for hydroxylation is 1. The van der Waals surface area contributed by atoms with Crippen LogP contribution in [0.25, 0.3) is 0 Å². The van der Waals surface area contributed by atoms with Crippen molar-refractivity contribution in [1.29, 1.82) is 5.26 Å². The van der Waals surface area contributed by atoms with Crippen molar-refractivity contribution in [1.82, 2.24) is 0 Å². The highest BCUT2D eigenvalue weighted by Crippen LogP contribution is 2.14. The standard InChI is InChI=1S/C21H23NO/c1-2-3-4-5-6-7-17-8-12-19(13-9-17)21(23)20-14-10-18(16-22)11-15-20/h8-15H,2-7H2,1H3. The monoisotopic (exact) mass is 305 g/mol. The summed E-state index contributed by atoms with van der Waals surface area (Å²) >= 11 is 0. The van der Waals surface area contributed by atoms with Gasteiger partial charge in [-0.25, -0.2) is 0 Å². The number of hydrogen-bond donors (Lipinski definition) is 0. The maximum absolute atomic E-state index is 12.4. The number of benzene rings is 2. The zero-order valence-electron chi connectivity index (χ0n) is 13.7. The van der Waals surface area contributed by atoms with E-state index in [0.29, 0.717) is 16.7 Å². The Morgan fingerprint density at radius 3 is 2.00 bits per heavy atom. The second-order valence-electron chi connectivity index (χ2n) is 5.88. The molecule has 118 valence electrons. The van der Waals surface area contributed by atoms with Crippen LogP contribution in [0.3, 0.4) is 0 Å². The maximum atomic E-state index is 12.4. The van der Waals surface area contributed by atoms with Gasteiger partial charge in [-0.3, -0.25) is 4.79 Å². The second kappa shape index (κ2) is 8.90. The van der Waals surface area contributed by atoms with Gasteiger partial charge in [-0.05, 0) is 42.7 Å². The van der Waals surface area contributed by atoms with Crippen LogP contribution in [-0.4, -0.2) is 5.78 Å². The molecule has 0 fully saturated rings. The summed E-state index contributed by atoms with van der Waals surface area (Å²) in [5, 5.41) is 8.80. The fourth-order valence-electron chi connectivity index (χ4n) is 2.62. The van der Waals surface area contributed by atoms with E-state index in [1.54, 1.807) is 24.3 Å². The summed E-state index contributed by atoms with van der Waals surface area (Å²) in [5.41, 5.74) is 3.18. The number of rotatable bonds is 8. The molecule has 0 spiro atoms. The van der Waals surface area contributed by atoms with E-state index in [1.807, 2.05) is 12.1 Å². The summed E-state index contributed by atoms with van der Waals surface area (Å²) < 4.78 is 0. The Balaban J connectivity index is 1.93. The lowest BCUT2D eigenvalue weighted by atomic mass is 9.99. The van der Waals surface area contributed by atoms with E-state index < -0.39 is 0 Å². The van der Waals surface area contributed by atoms with Gasteiger partial charge < -0.3 is 0 Å². The first-order chi connectivity index (χ1) is 11.2. The van der Waals surface area contributed by atoms with Crippen LogP contribution in [0.5, 0.6) is 0 Å². The van der Waals surface area contributed by atoms with Crippen molar-refractivity contribution in [3.8, 4) is 6.07 Å². The fourth-order valence-corrected chi connectivity index (χ4v) is 2.62. The van der Waals surface area contributed by atoms with E-state index in [9.17, 15) is 4.79 Å². The Labute approximate surface area is 138 Å². The van der Waals surface area contributed by atoms with E-state index in [-0.39, 0.29) is 5.78 Å². The highest BCUT2D eigenvalue weighted by atomic mass is 16.1. The molecule has 0 heterocycles. The van der Waals surface area contributed by atoms with Crippen LogP contribution in [-0.2, 0) is 6.42 Å². The minimum Gasteiger partial charge on any atom is -0.289 e. The van der Waals surface area contributed by atoms with Gasteiger partial charge in [0.25, 0.3) is 0 Å². The maximum Gasteiger partial charge on any atom is 0.193 e. The van der Waals surface area contributed by atoms with E-state index >= 15 is 0 Å². The van der Waals surface area contributed by atoms with Crippen LogP contribution in [0.4, 0.5) is 0 Å². The fraction of sp³-hybridized carbons (Fsp3) is 0.333. The third-order valence-electron chi connectivity index (χ3n) is 4.06. The molecule has 0 amide bonds. The van der Waals surface area contributed by atoms with Crippen molar-refractivity contribution in [2.75, 3.05) is 0 Å². The molecule has 2 heteroatoms. The molecule has 0 aromatic heterocycles. The molecule has 2 rings (SSSR count). The number of nitriles is 1. The van der Waals surface area contributed by atoms with Crippen LogP contribution in [0, 0.1) is 11.3 Å². The summed E-state index contributed by atoms with van der Waals surface area (Å²) in [6, 6.07) is 16.8. The zero-order valence-corrected chi connectivity index (χ0v) is 13.7. The molecule has 23 heavy (non-hydrogen) atoms. The number of nitrogens with zero attached hydrogens (tertiary/aromatic N) is 1. The lowest BCUT2D eigenvalue weighted by Gasteiger charge is -2.05. The number of hydrogen-bond acceptors (Lipinski definition) is 2. The van der Waals surface area contributed by atoms with E-state index in [4.69, 9.17) is 5.26 Å². The van der Waals surface area contributed by atoms with Gasteiger partial charge in [0.05, 0.1) is 11.6 Å². The molecular formula is C21H23NO. The number of ketones is 1. The lowest BCUT2D eigenvalue weighted by molar-refractivity contribution is 0.103. The van der Waals surface area contributed by atoms with Crippen molar-refractivity contribution in [2.24, 2.45) is 0 Å². The summed E-state index contributed by atoms with van der Waals surface area (Å²) in [6.07, 6.45) is 7.47. The normalized spacial score (nSPS) is 10.3. The highest BCUT2D eigenvalue weighted by molar-refractivity contribution is 6.09. The first-order valence-corrected chi connectivity index (χ1v) is 8.38. The molecule has 0 saturated carbocycles. The van der Waals surface area contributed by atoms with Gasteiger partial charge in [0.15, 0.2) is 5.78 Å². The first-order valence-electron chi connectivity index (χ1n) is 8.38. The first kappa shape index (κ1) is 17.0. The average Bonchev–Trinajstić information content (AvgIpc) is 2.61. The molecule has 0 N–H and O–H groups in total. The molecule has 0 radical (unpaired) electrons. The number of carbonyl (C=O) groups excluding carboxylic acids is 1. The van der Waals surface area contributed by atoms with Gasteiger partial charge >= 0.3 is 0 Å². The number of unbranched alkanes of at least 4 members (excludes halogenated alkanes) is 4. The Hall–Kier alpha value is -2.40. The molecule has 0 atom stereocenters. The van der Waals surface area contributed by atoms with Gasteiger partial charge in [-0.1, -0.05) is 56.9 Å². The zero-order chi connectivity index (χ0) is 16.5. The Morgan fingerprint density at radius 2 is 1.43 bits per heavy atom. The van der Waals surface area contributed by atoms with Crippen LogP contribution < -0.4 is 0 Å². The molecule has 0 saturated heterocycles. The van der Waals surface area contributed by atoms with Crippen molar-refractivity contribution in [2.45, 2.75) is 45.4 Å². The van der Waals surface area contributed by atoms with Crippen molar-refractivity contribution in [3.63, 3.8) is 0 Å². The highest BCUT2D eigenvalue weighted by Gasteiger charge is 2.08. The second-order valence-corrected chi connectivity index (χ2v) is 5.88. The number of carbonyl (C=O) groups is 1. The predicted octanol–water partition coefficient (Wildman–Crippen LogP) is 5.30. The van der Waals surface area contributed by atoms with Crippen LogP contribution in [0.15, 0.2) is 48.5 Å². The third kappa shape index (κ3) is 5.07. The third-order valence-corrected chi connectivity index (χ3v) is 4.06. The van der Waals surface area contributed by atoms with E-state index in [2.05, 4.69) is 25.1 Å². The molecule has 0 aliphatic heterocycles. The summed E-state index contributed by atoms with van der Waals surface area (Å²) in [5.74, 6) is 0.00369. The molecule has 2 aromatic carbocycles. The minimum absolute atomic E-state index is 0.00369. The largest absolute Gasteiger partial charge is 0.289 e. The molecule has 0 bridgehead atoms. The topological polar surface area (TPSA) is 40.9 Å². The summed E-state index contributed by atoms with van der Waals surface area (Å²) in [7, 11) is 0. The Bertz CT molecular complexity index is 662. The van der Waals surface area contributed by atoms with E-state index in [1.165, 1.54) is 37.7 Å². The molecule has 0 unspecified atom stereocenters. The predicted molar refractivity (Wildman–Crippen MR) is 93.5 cm³/mol. The Kier molecular flexibility index (Phi) is 6.56. The van der Waals surface area contributed by atoms with Crippen molar-refractivity contribution < 1.29 is 4.79 Å². The Morgan fingerprint density at radius 1 is 0.870 bits per heavy atom. The quantitative estimate of drug-likeness (QED) is 0.490. The molecule has 2 nitrogen and oxygen atoms in total.